The summed E-state index contributed by atoms with van der Waals surface area (Å²) >= 11 is 11.7. The van der Waals surface area contributed by atoms with Crippen molar-refractivity contribution >= 4 is 38.9 Å². The summed E-state index contributed by atoms with van der Waals surface area (Å²) in [6.07, 6.45) is 0.376. The molecule has 0 fully saturated rings. The van der Waals surface area contributed by atoms with Gasteiger partial charge in [-0.15, -0.1) is 0 Å². The summed E-state index contributed by atoms with van der Waals surface area (Å²) < 4.78 is 31.8. The third kappa shape index (κ3) is 5.09. The molecule has 0 heterocycles. The maximum Gasteiger partial charge on any atom is 0.233 e. The van der Waals surface area contributed by atoms with Crippen LogP contribution in [0.15, 0.2) is 42.5 Å². The zero-order chi connectivity index (χ0) is 16.2. The van der Waals surface area contributed by atoms with Gasteiger partial charge in [0.2, 0.25) is 10.0 Å². The first-order valence-electron chi connectivity index (χ1n) is 6.47. The second-order valence-electron chi connectivity index (χ2n) is 4.68. The smallest absolute Gasteiger partial charge is 0.233 e. The Morgan fingerprint density at radius 1 is 1.09 bits per heavy atom. The lowest BCUT2D eigenvalue weighted by atomic mass is 10.2. The van der Waals surface area contributed by atoms with Crippen LogP contribution in [0, 0.1) is 0 Å². The maximum atomic E-state index is 12.1. The van der Waals surface area contributed by atoms with Gasteiger partial charge in [-0.1, -0.05) is 35.3 Å². The minimum absolute atomic E-state index is 0.0513. The predicted molar refractivity (Wildman–Crippen MR) is 90.6 cm³/mol. The number of anilines is 1. The van der Waals surface area contributed by atoms with Crippen LogP contribution in [0.5, 0.6) is 5.75 Å². The first kappa shape index (κ1) is 16.9. The number of benzene rings is 2. The monoisotopic (exact) mass is 359 g/mol. The SMILES string of the molecule is COc1cccc(CCS(=O)(=O)Nc2cc(Cl)cc(Cl)c2)c1. The molecule has 118 valence electrons. The highest BCUT2D eigenvalue weighted by Gasteiger charge is 2.12. The summed E-state index contributed by atoms with van der Waals surface area (Å²) in [5.74, 6) is 0.647. The lowest BCUT2D eigenvalue weighted by Crippen LogP contribution is -2.18. The number of hydrogen-bond acceptors (Lipinski definition) is 3. The van der Waals surface area contributed by atoms with Gasteiger partial charge in [-0.2, -0.15) is 0 Å². The zero-order valence-corrected chi connectivity index (χ0v) is 14.2. The second-order valence-corrected chi connectivity index (χ2v) is 7.40. The van der Waals surface area contributed by atoms with E-state index in [9.17, 15) is 8.42 Å². The maximum absolute atomic E-state index is 12.1. The van der Waals surface area contributed by atoms with E-state index in [2.05, 4.69) is 4.72 Å². The highest BCUT2D eigenvalue weighted by molar-refractivity contribution is 7.92. The van der Waals surface area contributed by atoms with Crippen LogP contribution < -0.4 is 9.46 Å². The van der Waals surface area contributed by atoms with Gasteiger partial charge in [0.15, 0.2) is 0 Å². The molecule has 2 aromatic rings. The zero-order valence-electron chi connectivity index (χ0n) is 11.8. The first-order chi connectivity index (χ1) is 10.4. The van der Waals surface area contributed by atoms with Crippen molar-refractivity contribution in [1.29, 1.82) is 0 Å². The summed E-state index contributed by atoms with van der Waals surface area (Å²) in [5.41, 5.74) is 1.23. The molecule has 7 heteroatoms. The van der Waals surface area contributed by atoms with Crippen LogP contribution in [0.2, 0.25) is 10.0 Å². The van der Waals surface area contributed by atoms with E-state index in [1.165, 1.54) is 18.2 Å². The van der Waals surface area contributed by atoms with Crippen LogP contribution in [-0.4, -0.2) is 21.3 Å². The fourth-order valence-electron chi connectivity index (χ4n) is 1.92. The average Bonchev–Trinajstić information content (AvgIpc) is 2.44. The molecule has 0 aliphatic rings. The van der Waals surface area contributed by atoms with E-state index in [-0.39, 0.29) is 5.75 Å². The molecule has 0 saturated heterocycles. The standard InChI is InChI=1S/C15H15Cl2NO3S/c1-21-15-4-2-3-11(7-15)5-6-22(19,20)18-14-9-12(16)8-13(17)10-14/h2-4,7-10,18H,5-6H2,1H3. The minimum Gasteiger partial charge on any atom is -0.497 e. The predicted octanol–water partition coefficient (Wildman–Crippen LogP) is 3.99. The molecule has 2 aromatic carbocycles. The Hall–Kier alpha value is -1.43. The molecule has 0 aromatic heterocycles. The number of rotatable bonds is 6. The van der Waals surface area contributed by atoms with Gasteiger partial charge in [0.25, 0.3) is 0 Å². The lowest BCUT2D eigenvalue weighted by molar-refractivity contribution is 0.414. The number of aryl methyl sites for hydroxylation is 1. The van der Waals surface area contributed by atoms with Gasteiger partial charge in [-0.25, -0.2) is 8.42 Å². The number of hydrogen-bond donors (Lipinski definition) is 1. The lowest BCUT2D eigenvalue weighted by Gasteiger charge is -2.09. The average molecular weight is 360 g/mol. The molecule has 0 unspecified atom stereocenters. The summed E-state index contributed by atoms with van der Waals surface area (Å²) in [6, 6.07) is 11.9. The third-order valence-electron chi connectivity index (χ3n) is 2.93. The molecule has 0 atom stereocenters. The van der Waals surface area contributed by atoms with Gasteiger partial charge in [0.05, 0.1) is 18.6 Å². The molecule has 0 bridgehead atoms. The van der Waals surface area contributed by atoms with E-state index < -0.39 is 10.0 Å². The van der Waals surface area contributed by atoms with Crippen molar-refractivity contribution in [3.05, 3.63) is 58.1 Å². The summed E-state index contributed by atoms with van der Waals surface area (Å²) in [5, 5.41) is 0.746. The van der Waals surface area contributed by atoms with E-state index in [0.29, 0.717) is 27.9 Å². The van der Waals surface area contributed by atoms with E-state index in [1.807, 2.05) is 24.3 Å². The fourth-order valence-corrected chi connectivity index (χ4v) is 3.53. The Morgan fingerprint density at radius 3 is 2.41 bits per heavy atom. The van der Waals surface area contributed by atoms with Crippen molar-refractivity contribution in [2.45, 2.75) is 6.42 Å². The molecule has 0 aliphatic heterocycles. The third-order valence-corrected chi connectivity index (χ3v) is 4.65. The van der Waals surface area contributed by atoms with Crippen LogP contribution in [0.3, 0.4) is 0 Å². The van der Waals surface area contributed by atoms with Crippen molar-refractivity contribution < 1.29 is 13.2 Å². The van der Waals surface area contributed by atoms with Gasteiger partial charge in [-0.3, -0.25) is 4.72 Å². The topological polar surface area (TPSA) is 55.4 Å². The van der Waals surface area contributed by atoms with Crippen LogP contribution >= 0.6 is 23.2 Å². The van der Waals surface area contributed by atoms with Crippen LogP contribution in [0.4, 0.5) is 5.69 Å². The number of sulfonamides is 1. The normalized spacial score (nSPS) is 11.2. The number of ether oxygens (including phenoxy) is 1. The Morgan fingerprint density at radius 2 is 1.77 bits per heavy atom. The van der Waals surface area contributed by atoms with Crippen molar-refractivity contribution in [2.24, 2.45) is 0 Å². The largest absolute Gasteiger partial charge is 0.497 e. The summed E-state index contributed by atoms with van der Waals surface area (Å²) in [4.78, 5) is 0. The van der Waals surface area contributed by atoms with Crippen LogP contribution in [0.1, 0.15) is 5.56 Å². The van der Waals surface area contributed by atoms with Crippen molar-refractivity contribution in [1.82, 2.24) is 0 Å². The molecular weight excluding hydrogens is 345 g/mol. The summed E-state index contributed by atoms with van der Waals surface area (Å²) in [6.45, 7) is 0. The Kier molecular flexibility index (Phi) is 5.56. The fraction of sp³-hybridized carbons (Fsp3) is 0.200. The quantitative estimate of drug-likeness (QED) is 0.848. The van der Waals surface area contributed by atoms with E-state index in [4.69, 9.17) is 27.9 Å². The van der Waals surface area contributed by atoms with Crippen molar-refractivity contribution in [3.8, 4) is 5.75 Å². The second kappa shape index (κ2) is 7.22. The highest BCUT2D eigenvalue weighted by atomic mass is 35.5. The molecule has 4 nitrogen and oxygen atoms in total. The minimum atomic E-state index is -3.49. The molecule has 0 radical (unpaired) electrons. The van der Waals surface area contributed by atoms with Gasteiger partial charge in [-0.05, 0) is 42.3 Å². The van der Waals surface area contributed by atoms with Gasteiger partial charge in [0.1, 0.15) is 5.75 Å². The molecule has 0 amide bonds. The summed E-state index contributed by atoms with van der Waals surface area (Å²) in [7, 11) is -1.92. The van der Waals surface area contributed by atoms with Gasteiger partial charge >= 0.3 is 0 Å². The first-order valence-corrected chi connectivity index (χ1v) is 8.88. The van der Waals surface area contributed by atoms with Gasteiger partial charge < -0.3 is 4.74 Å². The highest BCUT2D eigenvalue weighted by Crippen LogP contribution is 2.23. The number of nitrogens with one attached hydrogen (secondary N) is 1. The van der Waals surface area contributed by atoms with E-state index >= 15 is 0 Å². The number of halogens is 2. The molecule has 0 spiro atoms. The molecule has 22 heavy (non-hydrogen) atoms. The van der Waals surface area contributed by atoms with Crippen LogP contribution in [0.25, 0.3) is 0 Å². The number of methoxy groups -OCH3 is 1. The van der Waals surface area contributed by atoms with E-state index in [0.717, 1.165) is 5.56 Å². The molecule has 2 rings (SSSR count). The van der Waals surface area contributed by atoms with E-state index in [1.54, 1.807) is 7.11 Å². The van der Waals surface area contributed by atoms with Crippen molar-refractivity contribution in [3.63, 3.8) is 0 Å². The molecule has 1 N–H and O–H groups in total. The molecule has 0 aliphatic carbocycles. The van der Waals surface area contributed by atoms with Gasteiger partial charge in [0, 0.05) is 10.0 Å². The van der Waals surface area contributed by atoms with Crippen molar-refractivity contribution in [2.75, 3.05) is 17.6 Å². The molecular formula is C15H15Cl2NO3S. The Labute approximate surface area is 140 Å². The molecule has 0 saturated carbocycles. The van der Waals surface area contributed by atoms with Crippen LogP contribution in [-0.2, 0) is 16.4 Å². The Balaban J connectivity index is 2.04. The Bertz CT molecular complexity index is 743.